The van der Waals surface area contributed by atoms with E-state index < -0.39 is 38.2 Å². The molecule has 22 heteroatoms. The van der Waals surface area contributed by atoms with Crippen LogP contribution in [0.5, 0.6) is 0 Å². The van der Waals surface area contributed by atoms with E-state index in [4.69, 9.17) is 77.0 Å². The van der Waals surface area contributed by atoms with Gasteiger partial charge < -0.3 is 58.7 Å². The molecule has 0 radical (unpaired) electrons. The van der Waals surface area contributed by atoms with Gasteiger partial charge in [-0.25, -0.2) is 27.0 Å². The quantitative estimate of drug-likeness (QED) is 0.167. The van der Waals surface area contributed by atoms with Crippen LogP contribution in [0.25, 0.3) is 0 Å². The van der Waals surface area contributed by atoms with Crippen molar-refractivity contribution in [1.29, 1.82) is 0 Å². The molecule has 0 saturated carbocycles. The molecule has 0 spiro atoms. The Morgan fingerprint density at radius 2 is 0.435 bits per heavy atom. The summed E-state index contributed by atoms with van der Waals surface area (Å²) in [5.74, 6) is 0. The highest BCUT2D eigenvalue weighted by atomic mass is 31.2. The van der Waals surface area contributed by atoms with E-state index in [2.05, 4.69) is 0 Å². The molecule has 0 heterocycles. The van der Waals surface area contributed by atoms with Gasteiger partial charge in [-0.2, -0.15) is 0 Å². The number of alkyl halides is 2. The predicted molar refractivity (Wildman–Crippen MR) is 64.1 cm³/mol. The summed E-state index contributed by atoms with van der Waals surface area (Å²) in [5, 5.41) is 0. The summed E-state index contributed by atoms with van der Waals surface area (Å²) < 4.78 is 54.8. The summed E-state index contributed by atoms with van der Waals surface area (Å²) in [6, 6.07) is 0. The molecule has 0 bridgehead atoms. The minimum Gasteiger partial charge on any atom is -0.303 e. The van der Waals surface area contributed by atoms with E-state index in [1.807, 2.05) is 0 Å². The maximum absolute atomic E-state index is 9.62. The number of phosphoric acid groups is 4. The average Bonchev–Trinajstić information content (AvgIpc) is 1.87. The lowest BCUT2D eigenvalue weighted by Gasteiger charge is -1.82. The van der Waals surface area contributed by atoms with Crippen LogP contribution in [0.1, 0.15) is 0 Å². The molecule has 0 unspecified atom stereocenters. The largest absolute Gasteiger partial charge is 0.466 e. The molecule has 0 aromatic rings. The molecule has 12 N–H and O–H groups in total. The molecular formula is CH14F2O16P4. The maximum Gasteiger partial charge on any atom is 0.466 e. The molecule has 0 aliphatic rings. The zero-order valence-corrected chi connectivity index (χ0v) is 13.8. The van der Waals surface area contributed by atoms with E-state index in [0.717, 1.165) is 0 Å². The van der Waals surface area contributed by atoms with Gasteiger partial charge in [0, 0.05) is 0 Å². The van der Waals surface area contributed by atoms with Crippen LogP contribution in [0.3, 0.4) is 0 Å². The monoisotopic (exact) mass is 444 g/mol. The van der Waals surface area contributed by atoms with Crippen LogP contribution in [0, 0.1) is 0 Å². The average molecular weight is 444 g/mol. The van der Waals surface area contributed by atoms with E-state index in [0.29, 0.717) is 0 Å². The molecule has 0 amide bonds. The Morgan fingerprint density at radius 1 is 0.435 bits per heavy atom. The van der Waals surface area contributed by atoms with Gasteiger partial charge in [0.2, 0.25) is 6.93 Å². The van der Waals surface area contributed by atoms with Crippen molar-refractivity contribution in [2.24, 2.45) is 0 Å². The van der Waals surface area contributed by atoms with Gasteiger partial charge in [-0.1, -0.05) is 0 Å². The van der Waals surface area contributed by atoms with Crippen molar-refractivity contribution in [3.05, 3.63) is 0 Å². The van der Waals surface area contributed by atoms with Crippen LogP contribution in [0.15, 0.2) is 0 Å². The Kier molecular flexibility index (Phi) is 23.8. The van der Waals surface area contributed by atoms with Crippen molar-refractivity contribution in [1.82, 2.24) is 0 Å². The lowest BCUT2D eigenvalue weighted by atomic mass is 11.7. The molecule has 16 nitrogen and oxygen atoms in total. The van der Waals surface area contributed by atoms with Gasteiger partial charge in [-0.3, -0.25) is 0 Å². The first-order valence-electron chi connectivity index (χ1n) is 3.66. The fourth-order valence-electron chi connectivity index (χ4n) is 0. The molecule has 0 atom stereocenters. The van der Waals surface area contributed by atoms with Crippen molar-refractivity contribution in [3.63, 3.8) is 0 Å². The minimum absolute atomic E-state index is 1.75. The number of rotatable bonds is 0. The lowest BCUT2D eigenvalue weighted by molar-refractivity contribution is 0.272. The first-order chi connectivity index (χ1) is 9.41. The first kappa shape index (κ1) is 34.6. The number of halogens is 2. The van der Waals surface area contributed by atoms with Gasteiger partial charge in [0.15, 0.2) is 0 Å². The molecular weight excluding hydrogens is 430 g/mol. The summed E-state index contributed by atoms with van der Waals surface area (Å²) in [5.41, 5.74) is 0. The van der Waals surface area contributed by atoms with Crippen molar-refractivity contribution in [2.45, 2.75) is 0 Å². The molecule has 0 aromatic heterocycles. The normalized spacial score (nSPS) is 11.0. The Balaban J connectivity index is -0.0000000593. The predicted octanol–water partition coefficient (Wildman–Crippen LogP) is -2.83. The van der Waals surface area contributed by atoms with Gasteiger partial charge in [0.1, 0.15) is 0 Å². The van der Waals surface area contributed by atoms with Crippen molar-refractivity contribution < 1.29 is 85.8 Å². The third-order valence-electron chi connectivity index (χ3n) is 0. The number of hydrogen-bond acceptors (Lipinski definition) is 4. The van der Waals surface area contributed by atoms with E-state index in [1.165, 1.54) is 0 Å². The van der Waals surface area contributed by atoms with Crippen molar-refractivity contribution in [2.75, 3.05) is 6.93 Å². The maximum atomic E-state index is 9.62. The highest BCUT2D eigenvalue weighted by molar-refractivity contribution is 7.45. The van der Waals surface area contributed by atoms with Crippen LogP contribution in [-0.2, 0) is 18.3 Å². The van der Waals surface area contributed by atoms with Crippen LogP contribution < -0.4 is 0 Å². The molecule has 0 saturated heterocycles. The molecule has 0 aliphatic carbocycles. The summed E-state index contributed by atoms with van der Waals surface area (Å²) in [6.45, 7) is -1.75. The highest BCUT2D eigenvalue weighted by Gasteiger charge is 2.01. The zero-order valence-electron chi connectivity index (χ0n) is 10.3. The van der Waals surface area contributed by atoms with Crippen molar-refractivity contribution in [3.8, 4) is 0 Å². The van der Waals surface area contributed by atoms with E-state index >= 15 is 0 Å². The van der Waals surface area contributed by atoms with Crippen LogP contribution in [0.2, 0.25) is 0 Å². The fourth-order valence-corrected chi connectivity index (χ4v) is 0. The lowest BCUT2D eigenvalue weighted by Crippen LogP contribution is -1.66. The zero-order chi connectivity index (χ0) is 20.7. The summed E-state index contributed by atoms with van der Waals surface area (Å²) in [7, 11) is -18.6. The van der Waals surface area contributed by atoms with Gasteiger partial charge in [-0.15, -0.1) is 0 Å². The summed E-state index contributed by atoms with van der Waals surface area (Å²) in [4.78, 5) is 86.2. The van der Waals surface area contributed by atoms with Crippen molar-refractivity contribution >= 4 is 31.3 Å². The second kappa shape index (κ2) is 15.8. The smallest absolute Gasteiger partial charge is 0.303 e. The second-order valence-corrected chi connectivity index (χ2v) is 6.26. The molecule has 0 aromatic carbocycles. The number of hydrogen-bond donors (Lipinski definition) is 12. The highest BCUT2D eigenvalue weighted by Crippen LogP contribution is 2.27. The molecule has 0 aliphatic heterocycles. The van der Waals surface area contributed by atoms with Crippen LogP contribution >= 0.6 is 31.3 Å². The Morgan fingerprint density at radius 3 is 0.435 bits per heavy atom. The van der Waals surface area contributed by atoms with E-state index in [9.17, 15) is 8.78 Å². The molecule has 23 heavy (non-hydrogen) atoms. The standard InChI is InChI=1S/CH2F2.4H3O4P/c2-1-3;4*1-5(2,3)4/h1H2;4*(H3,1,2,3,4). The second-order valence-electron chi connectivity index (χ2n) is 2.15. The molecule has 0 rings (SSSR count). The SMILES string of the molecule is FCF.O=P(O)(O)O.O=P(O)(O)O.O=P(O)(O)O.O=P(O)(O)O. The summed E-state index contributed by atoms with van der Waals surface area (Å²) in [6.07, 6.45) is 0. The van der Waals surface area contributed by atoms with E-state index in [1.54, 1.807) is 0 Å². The molecule has 0 fully saturated rings. The van der Waals surface area contributed by atoms with Gasteiger partial charge in [0.05, 0.1) is 0 Å². The van der Waals surface area contributed by atoms with Gasteiger partial charge in [0.25, 0.3) is 0 Å². The summed E-state index contributed by atoms with van der Waals surface area (Å²) >= 11 is 0. The fraction of sp³-hybridized carbons (Fsp3) is 1.00. The van der Waals surface area contributed by atoms with Gasteiger partial charge >= 0.3 is 31.3 Å². The first-order valence-corrected chi connectivity index (χ1v) is 9.93. The topological polar surface area (TPSA) is 311 Å². The van der Waals surface area contributed by atoms with E-state index in [-0.39, 0.29) is 0 Å². The Bertz CT molecular complexity index is 308. The Labute approximate surface area is 125 Å². The Hall–Kier alpha value is 0.300. The third-order valence-corrected chi connectivity index (χ3v) is 0. The minimum atomic E-state index is -4.64. The van der Waals surface area contributed by atoms with Crippen LogP contribution in [-0.4, -0.2) is 65.6 Å². The molecule has 148 valence electrons. The van der Waals surface area contributed by atoms with Crippen LogP contribution in [0.4, 0.5) is 8.78 Å². The van der Waals surface area contributed by atoms with Gasteiger partial charge in [-0.05, 0) is 0 Å². The third kappa shape index (κ3) is 102000.